The van der Waals surface area contributed by atoms with Gasteiger partial charge in [0.1, 0.15) is 12.1 Å². The fourth-order valence-electron chi connectivity index (χ4n) is 6.75. The highest BCUT2D eigenvalue weighted by Gasteiger charge is 2.35. The Hall–Kier alpha value is -3.54. The number of hydrogen-bond donors (Lipinski definition) is 5. The highest BCUT2D eigenvalue weighted by Crippen LogP contribution is 2.29. The van der Waals surface area contributed by atoms with E-state index in [1.807, 2.05) is 55.5 Å². The zero-order valence-corrected chi connectivity index (χ0v) is 28.3. The molecule has 48 heavy (non-hydrogen) atoms. The van der Waals surface area contributed by atoms with Gasteiger partial charge in [-0.2, -0.15) is 0 Å². The normalized spacial score (nSPS) is 19.0. The second kappa shape index (κ2) is 19.5. The fraction of sp³-hybridized carbons (Fsp3) is 0.622. The average Bonchev–Trinajstić information content (AvgIpc) is 3.11. The van der Waals surface area contributed by atoms with Gasteiger partial charge in [-0.3, -0.25) is 14.6 Å². The molecule has 0 radical (unpaired) electrons. The zero-order valence-electron chi connectivity index (χ0n) is 28.3. The number of nitrogens with zero attached hydrogens (tertiary/aromatic N) is 2. The minimum atomic E-state index is -1.19. The van der Waals surface area contributed by atoms with Crippen molar-refractivity contribution in [3.63, 3.8) is 0 Å². The van der Waals surface area contributed by atoms with Gasteiger partial charge in [0.05, 0.1) is 12.1 Å². The molecule has 1 aliphatic heterocycles. The number of aliphatic hydroxyl groups excluding tert-OH is 2. The Morgan fingerprint density at radius 2 is 1.65 bits per heavy atom. The molecule has 11 heteroatoms. The molecular weight excluding hydrogens is 610 g/mol. The number of carbonyl (C=O) groups is 3. The lowest BCUT2D eigenvalue weighted by Crippen LogP contribution is -2.56. The van der Waals surface area contributed by atoms with Gasteiger partial charge < -0.3 is 36.2 Å². The van der Waals surface area contributed by atoms with Crippen LogP contribution in [0.25, 0.3) is 0 Å². The van der Waals surface area contributed by atoms with Crippen LogP contribution in [0.15, 0.2) is 54.7 Å². The van der Waals surface area contributed by atoms with Crippen LogP contribution >= 0.6 is 0 Å². The molecule has 0 unspecified atom stereocenters. The summed E-state index contributed by atoms with van der Waals surface area (Å²) in [6.45, 7) is 2.84. The standard InChI is InChI=1S/C37H55N5O6/c1-2-11-30(40-36(46)33(25-27-14-7-4-8-15-27)48-37(47)42-22-19-28(38)20-23-42)35(45)41-31(24-26-12-5-3-6-13-26)34(44)32(43)18-17-29-16-9-10-21-39-29/h4,7-10,14-16,21,26,28,30-34,43-44H,2-3,5-6,11-13,17-20,22-25,38H2,1H3,(H,40,46)(H,41,45)/t30-,31-,32-,33-,34+/m0/s1. The number of rotatable bonds is 16. The van der Waals surface area contributed by atoms with Gasteiger partial charge in [0.25, 0.3) is 5.91 Å². The predicted octanol–water partition coefficient (Wildman–Crippen LogP) is 3.65. The summed E-state index contributed by atoms with van der Waals surface area (Å²) in [5.41, 5.74) is 7.64. The van der Waals surface area contributed by atoms with Crippen molar-refractivity contribution in [2.45, 2.75) is 127 Å². The summed E-state index contributed by atoms with van der Waals surface area (Å²) >= 11 is 0. The molecule has 1 saturated carbocycles. The maximum Gasteiger partial charge on any atom is 0.410 e. The summed E-state index contributed by atoms with van der Waals surface area (Å²) in [5.74, 6) is -0.675. The van der Waals surface area contributed by atoms with Gasteiger partial charge in [-0.15, -0.1) is 0 Å². The van der Waals surface area contributed by atoms with E-state index in [2.05, 4.69) is 15.6 Å². The van der Waals surface area contributed by atoms with Crippen LogP contribution in [0.4, 0.5) is 4.79 Å². The molecule has 3 amide bonds. The van der Waals surface area contributed by atoms with Gasteiger partial charge >= 0.3 is 6.09 Å². The van der Waals surface area contributed by atoms with E-state index >= 15 is 0 Å². The van der Waals surface area contributed by atoms with Crippen LogP contribution in [0.1, 0.15) is 88.8 Å². The van der Waals surface area contributed by atoms with E-state index in [4.69, 9.17) is 10.5 Å². The van der Waals surface area contributed by atoms with Crippen molar-refractivity contribution in [2.75, 3.05) is 13.1 Å². The minimum Gasteiger partial charge on any atom is -0.436 e. The maximum atomic E-state index is 13.9. The van der Waals surface area contributed by atoms with Crippen molar-refractivity contribution in [3.05, 3.63) is 66.0 Å². The quantitative estimate of drug-likeness (QED) is 0.181. The topological polar surface area (TPSA) is 167 Å². The molecule has 0 bridgehead atoms. The predicted molar refractivity (Wildman–Crippen MR) is 184 cm³/mol. The molecule has 4 rings (SSSR count). The van der Waals surface area contributed by atoms with Crippen LogP contribution in [0.2, 0.25) is 0 Å². The van der Waals surface area contributed by atoms with E-state index in [-0.39, 0.29) is 12.5 Å². The van der Waals surface area contributed by atoms with Crippen molar-refractivity contribution in [1.29, 1.82) is 0 Å². The number of amides is 3. The Kier molecular flexibility index (Phi) is 15.1. The molecule has 1 aromatic carbocycles. The number of ether oxygens (including phenoxy) is 1. The lowest BCUT2D eigenvalue weighted by molar-refractivity contribution is -0.135. The van der Waals surface area contributed by atoms with Crippen LogP contribution in [-0.4, -0.2) is 87.5 Å². The summed E-state index contributed by atoms with van der Waals surface area (Å²) in [6, 6.07) is 13.3. The summed E-state index contributed by atoms with van der Waals surface area (Å²) < 4.78 is 5.79. The number of hydrogen-bond acceptors (Lipinski definition) is 8. The second-order valence-corrected chi connectivity index (χ2v) is 13.5. The highest BCUT2D eigenvalue weighted by molar-refractivity contribution is 5.90. The fourth-order valence-corrected chi connectivity index (χ4v) is 6.75. The van der Waals surface area contributed by atoms with Crippen LogP contribution < -0.4 is 16.4 Å². The lowest BCUT2D eigenvalue weighted by Gasteiger charge is -2.33. The van der Waals surface area contributed by atoms with E-state index in [0.29, 0.717) is 64.0 Å². The summed E-state index contributed by atoms with van der Waals surface area (Å²) in [5, 5.41) is 28.3. The summed E-state index contributed by atoms with van der Waals surface area (Å²) in [4.78, 5) is 46.6. The third kappa shape index (κ3) is 11.9. The lowest BCUT2D eigenvalue weighted by atomic mass is 9.82. The van der Waals surface area contributed by atoms with E-state index < -0.39 is 48.3 Å². The number of benzene rings is 1. The van der Waals surface area contributed by atoms with Crippen LogP contribution in [-0.2, 0) is 27.2 Å². The van der Waals surface area contributed by atoms with Crippen LogP contribution in [0, 0.1) is 5.92 Å². The molecule has 264 valence electrons. The number of carbonyl (C=O) groups excluding carboxylic acids is 3. The first-order valence-electron chi connectivity index (χ1n) is 17.8. The van der Waals surface area contributed by atoms with Crippen molar-refractivity contribution < 1.29 is 29.3 Å². The van der Waals surface area contributed by atoms with Gasteiger partial charge in [0, 0.05) is 37.4 Å². The van der Waals surface area contributed by atoms with Gasteiger partial charge in [-0.05, 0) is 62.1 Å². The van der Waals surface area contributed by atoms with E-state index in [9.17, 15) is 24.6 Å². The summed E-state index contributed by atoms with van der Waals surface area (Å²) in [6.07, 6.45) is 6.84. The monoisotopic (exact) mass is 665 g/mol. The van der Waals surface area contributed by atoms with Gasteiger partial charge in [-0.1, -0.05) is 81.8 Å². The third-order valence-corrected chi connectivity index (χ3v) is 9.68. The first kappa shape index (κ1) is 37.3. The third-order valence-electron chi connectivity index (χ3n) is 9.68. The number of likely N-dealkylation sites (tertiary alicyclic amines) is 1. The molecular formula is C37H55N5O6. The van der Waals surface area contributed by atoms with E-state index in [1.165, 1.54) is 6.42 Å². The van der Waals surface area contributed by atoms with Gasteiger partial charge in [-0.25, -0.2) is 4.79 Å². The smallest absolute Gasteiger partial charge is 0.410 e. The number of aryl methyl sites for hydroxylation is 1. The Morgan fingerprint density at radius 1 is 0.938 bits per heavy atom. The molecule has 2 heterocycles. The van der Waals surface area contributed by atoms with Crippen LogP contribution in [0.5, 0.6) is 0 Å². The van der Waals surface area contributed by atoms with E-state index in [1.54, 1.807) is 11.1 Å². The first-order chi connectivity index (χ1) is 23.2. The molecule has 1 aromatic heterocycles. The number of nitrogens with one attached hydrogen (secondary N) is 2. The molecule has 2 fully saturated rings. The molecule has 1 aliphatic carbocycles. The minimum absolute atomic E-state index is 0.0354. The largest absolute Gasteiger partial charge is 0.436 e. The Bertz CT molecular complexity index is 1250. The number of aromatic nitrogens is 1. The van der Waals surface area contributed by atoms with Crippen molar-refractivity contribution >= 4 is 17.9 Å². The maximum absolute atomic E-state index is 13.9. The van der Waals surface area contributed by atoms with Gasteiger partial charge in [0.15, 0.2) is 6.10 Å². The molecule has 2 aromatic rings. The highest BCUT2D eigenvalue weighted by atomic mass is 16.6. The first-order valence-corrected chi connectivity index (χ1v) is 17.8. The second-order valence-electron chi connectivity index (χ2n) is 13.5. The zero-order chi connectivity index (χ0) is 34.3. The Morgan fingerprint density at radius 3 is 2.31 bits per heavy atom. The SMILES string of the molecule is CCC[C@H](NC(=O)[C@H](Cc1ccccc1)OC(=O)N1CCC(N)CC1)C(=O)N[C@@H](CC1CCCCC1)[C@@H](O)[C@@H](O)CCc1ccccn1. The molecule has 11 nitrogen and oxygen atoms in total. The van der Waals surface area contributed by atoms with E-state index in [0.717, 1.165) is 36.9 Å². The number of piperidine rings is 1. The van der Waals surface area contributed by atoms with Gasteiger partial charge in [0.2, 0.25) is 5.91 Å². The summed E-state index contributed by atoms with van der Waals surface area (Å²) in [7, 11) is 0. The van der Waals surface area contributed by atoms with Crippen molar-refractivity contribution in [3.8, 4) is 0 Å². The Balaban J connectivity index is 1.45. The van der Waals surface area contributed by atoms with Crippen molar-refractivity contribution in [1.82, 2.24) is 20.5 Å². The molecule has 2 aliphatic rings. The van der Waals surface area contributed by atoms with Crippen LogP contribution in [0.3, 0.4) is 0 Å². The molecule has 0 spiro atoms. The number of nitrogens with two attached hydrogens (primary N) is 1. The average molecular weight is 666 g/mol. The molecule has 5 atom stereocenters. The van der Waals surface area contributed by atoms with Crippen molar-refractivity contribution in [2.24, 2.45) is 11.7 Å². The molecule has 1 saturated heterocycles. The number of aliphatic hydroxyl groups is 2. The molecule has 6 N–H and O–H groups in total. The Labute approximate surface area is 285 Å². The number of pyridine rings is 1.